The average Bonchev–Trinajstić information content (AvgIpc) is 2.51. The minimum Gasteiger partial charge on any atom is -0.292 e. The number of benzene rings is 2. The Morgan fingerprint density at radius 3 is 2.29 bits per heavy atom. The second kappa shape index (κ2) is 6.60. The van der Waals surface area contributed by atoms with E-state index in [0.717, 1.165) is 21.6 Å². The van der Waals surface area contributed by atoms with E-state index < -0.39 is 5.92 Å². The van der Waals surface area contributed by atoms with Gasteiger partial charge >= 0.3 is 0 Å². The summed E-state index contributed by atoms with van der Waals surface area (Å²) in [6, 6.07) is 15.3. The summed E-state index contributed by atoms with van der Waals surface area (Å²) in [5, 5.41) is 9.40. The van der Waals surface area contributed by atoms with Gasteiger partial charge in [0.2, 0.25) is 0 Å². The second-order valence-corrected chi connectivity index (χ2v) is 5.88. The third-order valence-electron chi connectivity index (χ3n) is 3.63. The lowest BCUT2D eigenvalue weighted by Gasteiger charge is -2.11. The van der Waals surface area contributed by atoms with Crippen LogP contribution in [0.1, 0.15) is 33.0 Å². The first-order valence-electron chi connectivity index (χ1n) is 6.72. The van der Waals surface area contributed by atoms with Gasteiger partial charge in [0.15, 0.2) is 5.78 Å². The molecule has 0 amide bonds. The quantitative estimate of drug-likeness (QED) is 0.615. The predicted octanol–water partition coefficient (Wildman–Crippen LogP) is 4.52. The third kappa shape index (κ3) is 3.34. The van der Waals surface area contributed by atoms with E-state index in [1.54, 1.807) is 23.9 Å². The maximum atomic E-state index is 12.5. The van der Waals surface area contributed by atoms with Crippen molar-refractivity contribution in [2.24, 2.45) is 0 Å². The molecule has 1 unspecified atom stereocenters. The van der Waals surface area contributed by atoms with Crippen molar-refractivity contribution < 1.29 is 4.79 Å². The first kappa shape index (κ1) is 15.3. The van der Waals surface area contributed by atoms with Gasteiger partial charge in [0.05, 0.1) is 6.07 Å². The average molecular weight is 295 g/mol. The molecule has 2 nitrogen and oxygen atoms in total. The van der Waals surface area contributed by atoms with Crippen LogP contribution in [-0.2, 0) is 0 Å². The highest BCUT2D eigenvalue weighted by Crippen LogP contribution is 2.24. The van der Waals surface area contributed by atoms with Crippen LogP contribution < -0.4 is 0 Å². The number of nitrogens with zero attached hydrogens (tertiary/aromatic N) is 1. The Labute approximate surface area is 129 Å². The van der Waals surface area contributed by atoms with E-state index in [0.29, 0.717) is 5.56 Å². The maximum absolute atomic E-state index is 12.5. The van der Waals surface area contributed by atoms with Crippen LogP contribution in [0.25, 0.3) is 0 Å². The number of Topliss-reactive ketones (excluding diaryl/α,β-unsaturated/α-hetero) is 1. The molecule has 0 radical (unpaired) electrons. The van der Waals surface area contributed by atoms with Crippen LogP contribution in [0.5, 0.6) is 0 Å². The molecule has 3 heteroatoms. The minimum absolute atomic E-state index is 0.145. The molecule has 2 aromatic carbocycles. The number of nitriles is 1. The van der Waals surface area contributed by atoms with E-state index in [9.17, 15) is 10.1 Å². The van der Waals surface area contributed by atoms with E-state index in [2.05, 4.69) is 6.07 Å². The Balaban J connectivity index is 2.33. The van der Waals surface area contributed by atoms with Crippen molar-refractivity contribution in [2.75, 3.05) is 6.26 Å². The Kier molecular flexibility index (Phi) is 4.82. The SMILES string of the molecule is CSc1ccc(C(=O)C(C#N)c2ccc(C)c(C)c2)cc1. The number of rotatable bonds is 4. The van der Waals surface area contributed by atoms with E-state index in [1.807, 2.05) is 50.4 Å². The molecule has 0 fully saturated rings. The summed E-state index contributed by atoms with van der Waals surface area (Å²) < 4.78 is 0. The van der Waals surface area contributed by atoms with Crippen LogP contribution >= 0.6 is 11.8 Å². The molecular weight excluding hydrogens is 278 g/mol. The summed E-state index contributed by atoms with van der Waals surface area (Å²) in [5.74, 6) is -0.891. The van der Waals surface area contributed by atoms with Crippen molar-refractivity contribution in [3.8, 4) is 6.07 Å². The van der Waals surface area contributed by atoms with Crippen molar-refractivity contribution in [1.29, 1.82) is 5.26 Å². The second-order valence-electron chi connectivity index (χ2n) is 5.00. The number of hydrogen-bond acceptors (Lipinski definition) is 3. The zero-order valence-electron chi connectivity index (χ0n) is 12.4. The molecule has 21 heavy (non-hydrogen) atoms. The highest BCUT2D eigenvalue weighted by atomic mass is 32.2. The molecule has 0 heterocycles. The lowest BCUT2D eigenvalue weighted by Crippen LogP contribution is -2.11. The van der Waals surface area contributed by atoms with Crippen molar-refractivity contribution in [3.63, 3.8) is 0 Å². The number of ketones is 1. The van der Waals surface area contributed by atoms with Gasteiger partial charge in [-0.05, 0) is 48.9 Å². The first-order valence-corrected chi connectivity index (χ1v) is 7.94. The normalized spacial score (nSPS) is 11.7. The molecule has 0 saturated heterocycles. The lowest BCUT2D eigenvalue weighted by molar-refractivity contribution is 0.0979. The summed E-state index contributed by atoms with van der Waals surface area (Å²) >= 11 is 1.63. The molecule has 2 rings (SSSR count). The van der Waals surface area contributed by atoms with Gasteiger partial charge in [-0.1, -0.05) is 30.3 Å². The number of thioether (sulfide) groups is 1. The topological polar surface area (TPSA) is 40.9 Å². The maximum Gasteiger partial charge on any atom is 0.184 e. The van der Waals surface area contributed by atoms with Crippen molar-refractivity contribution in [3.05, 3.63) is 64.7 Å². The van der Waals surface area contributed by atoms with Gasteiger partial charge in [0.1, 0.15) is 5.92 Å². The smallest absolute Gasteiger partial charge is 0.184 e. The van der Waals surface area contributed by atoms with Crippen molar-refractivity contribution in [2.45, 2.75) is 24.7 Å². The molecule has 1 atom stereocenters. The zero-order chi connectivity index (χ0) is 15.4. The molecule has 0 N–H and O–H groups in total. The van der Waals surface area contributed by atoms with Gasteiger partial charge in [0.25, 0.3) is 0 Å². The van der Waals surface area contributed by atoms with Gasteiger partial charge in [0, 0.05) is 10.5 Å². The van der Waals surface area contributed by atoms with Crippen LogP contribution in [0.2, 0.25) is 0 Å². The monoisotopic (exact) mass is 295 g/mol. The highest BCUT2D eigenvalue weighted by molar-refractivity contribution is 7.98. The predicted molar refractivity (Wildman–Crippen MR) is 86.8 cm³/mol. The summed E-state index contributed by atoms with van der Waals surface area (Å²) in [4.78, 5) is 13.6. The molecule has 0 aliphatic rings. The molecule has 0 aliphatic carbocycles. The van der Waals surface area contributed by atoms with Gasteiger partial charge in [-0.25, -0.2) is 0 Å². The van der Waals surface area contributed by atoms with Crippen LogP contribution in [0.4, 0.5) is 0 Å². The van der Waals surface area contributed by atoms with E-state index >= 15 is 0 Å². The number of carbonyl (C=O) groups excluding carboxylic acids is 1. The fraction of sp³-hybridized carbons (Fsp3) is 0.222. The van der Waals surface area contributed by atoms with Gasteiger partial charge in [-0.2, -0.15) is 5.26 Å². The van der Waals surface area contributed by atoms with E-state index in [1.165, 1.54) is 0 Å². The van der Waals surface area contributed by atoms with Gasteiger partial charge in [-0.15, -0.1) is 11.8 Å². The Hall–Kier alpha value is -2.05. The summed E-state index contributed by atoms with van der Waals surface area (Å²) in [5.41, 5.74) is 3.60. The fourth-order valence-corrected chi connectivity index (χ4v) is 2.56. The zero-order valence-corrected chi connectivity index (χ0v) is 13.2. The standard InChI is InChI=1S/C18H17NOS/c1-12-4-5-15(10-13(12)2)17(11-19)18(20)14-6-8-16(21-3)9-7-14/h4-10,17H,1-3H3. The largest absolute Gasteiger partial charge is 0.292 e. The van der Waals surface area contributed by atoms with Crippen LogP contribution in [0.15, 0.2) is 47.4 Å². The highest BCUT2D eigenvalue weighted by Gasteiger charge is 2.22. The van der Waals surface area contributed by atoms with Crippen LogP contribution in [0, 0.1) is 25.2 Å². The first-order chi connectivity index (χ1) is 10.1. The Morgan fingerprint density at radius 1 is 1.10 bits per heavy atom. The minimum atomic E-state index is -0.746. The summed E-state index contributed by atoms with van der Waals surface area (Å²) in [7, 11) is 0. The molecular formula is C18H17NOS. The fourth-order valence-electron chi connectivity index (χ4n) is 2.15. The van der Waals surface area contributed by atoms with Crippen LogP contribution in [-0.4, -0.2) is 12.0 Å². The number of aryl methyl sites for hydroxylation is 2. The Morgan fingerprint density at radius 2 is 1.76 bits per heavy atom. The molecule has 0 aromatic heterocycles. The molecule has 0 saturated carbocycles. The van der Waals surface area contributed by atoms with Gasteiger partial charge < -0.3 is 0 Å². The molecule has 0 bridgehead atoms. The summed E-state index contributed by atoms with van der Waals surface area (Å²) in [6.07, 6.45) is 1.99. The Bertz CT molecular complexity index is 698. The van der Waals surface area contributed by atoms with Crippen molar-refractivity contribution >= 4 is 17.5 Å². The number of hydrogen-bond donors (Lipinski definition) is 0. The van der Waals surface area contributed by atoms with E-state index in [-0.39, 0.29) is 5.78 Å². The molecule has 0 spiro atoms. The summed E-state index contributed by atoms with van der Waals surface area (Å²) in [6.45, 7) is 4.01. The number of carbonyl (C=O) groups is 1. The van der Waals surface area contributed by atoms with Crippen LogP contribution in [0.3, 0.4) is 0 Å². The molecule has 106 valence electrons. The molecule has 0 aliphatic heterocycles. The van der Waals surface area contributed by atoms with Gasteiger partial charge in [-0.3, -0.25) is 4.79 Å². The van der Waals surface area contributed by atoms with E-state index in [4.69, 9.17) is 0 Å². The lowest BCUT2D eigenvalue weighted by atomic mass is 9.90. The van der Waals surface area contributed by atoms with Crippen molar-refractivity contribution in [1.82, 2.24) is 0 Å². The molecule has 2 aromatic rings. The third-order valence-corrected chi connectivity index (χ3v) is 4.37.